The lowest BCUT2D eigenvalue weighted by molar-refractivity contribution is -0.0830. The molecule has 0 N–H and O–H groups in total. The summed E-state index contributed by atoms with van der Waals surface area (Å²) in [6.45, 7) is 1.10. The second kappa shape index (κ2) is 3.59. The lowest BCUT2D eigenvalue weighted by Crippen LogP contribution is -2.39. The van der Waals surface area contributed by atoms with Crippen LogP contribution in [0.15, 0.2) is 10.9 Å². The minimum absolute atomic E-state index is 0.0172. The molecule has 1 fully saturated rings. The third kappa shape index (κ3) is 1.73. The van der Waals surface area contributed by atoms with Crippen molar-refractivity contribution in [1.82, 2.24) is 9.78 Å². The van der Waals surface area contributed by atoms with Gasteiger partial charge in [0.1, 0.15) is 6.10 Å². The van der Waals surface area contributed by atoms with Crippen LogP contribution in [0.3, 0.4) is 0 Å². The standard InChI is InChI=1S/C8H9ClN2O3/c1-11-7(14-5-3-13-4-5)2-6(12)8(9)10-11/h2,5H,3-4H2,1H3. The first kappa shape index (κ1) is 9.48. The van der Waals surface area contributed by atoms with Gasteiger partial charge in [0, 0.05) is 7.05 Å². The Balaban J connectivity index is 2.23. The second-order valence-electron chi connectivity index (χ2n) is 3.04. The molecule has 2 rings (SSSR count). The van der Waals surface area contributed by atoms with Gasteiger partial charge < -0.3 is 9.47 Å². The van der Waals surface area contributed by atoms with E-state index in [1.54, 1.807) is 7.05 Å². The van der Waals surface area contributed by atoms with Crippen molar-refractivity contribution in [3.05, 3.63) is 21.4 Å². The quantitative estimate of drug-likeness (QED) is 0.709. The van der Waals surface area contributed by atoms with Crippen molar-refractivity contribution in [2.45, 2.75) is 6.10 Å². The number of nitrogens with zero attached hydrogens (tertiary/aromatic N) is 2. The summed E-state index contributed by atoms with van der Waals surface area (Å²) in [6, 6.07) is 1.33. The topological polar surface area (TPSA) is 53.4 Å². The molecule has 1 aromatic heterocycles. The fraction of sp³-hybridized carbons (Fsp3) is 0.500. The van der Waals surface area contributed by atoms with Crippen LogP contribution in [0.5, 0.6) is 5.88 Å². The molecule has 1 aromatic rings. The summed E-state index contributed by atoms with van der Waals surface area (Å²) in [7, 11) is 1.67. The third-order valence-electron chi connectivity index (χ3n) is 1.91. The SMILES string of the molecule is Cn1nc(Cl)c(=O)cc1OC1COC1. The molecule has 1 aliphatic heterocycles. The first-order valence-electron chi connectivity index (χ1n) is 4.15. The first-order valence-corrected chi connectivity index (χ1v) is 4.53. The van der Waals surface area contributed by atoms with Crippen LogP contribution < -0.4 is 10.2 Å². The zero-order valence-corrected chi connectivity index (χ0v) is 8.32. The Kier molecular flexibility index (Phi) is 2.43. The lowest BCUT2D eigenvalue weighted by atomic mass is 10.3. The molecule has 1 saturated heterocycles. The Morgan fingerprint density at radius 3 is 3.00 bits per heavy atom. The van der Waals surface area contributed by atoms with Crippen molar-refractivity contribution in [1.29, 1.82) is 0 Å². The number of aryl methyl sites for hydroxylation is 1. The summed E-state index contributed by atoms with van der Waals surface area (Å²) < 4.78 is 11.8. The summed E-state index contributed by atoms with van der Waals surface area (Å²) in [5.41, 5.74) is -0.333. The van der Waals surface area contributed by atoms with Crippen LogP contribution in [0.1, 0.15) is 0 Å². The van der Waals surface area contributed by atoms with Gasteiger partial charge in [0.2, 0.25) is 11.3 Å². The first-order chi connectivity index (χ1) is 6.66. The van der Waals surface area contributed by atoms with E-state index in [4.69, 9.17) is 21.1 Å². The average molecular weight is 217 g/mol. The van der Waals surface area contributed by atoms with Crippen molar-refractivity contribution in [3.8, 4) is 5.88 Å². The van der Waals surface area contributed by atoms with E-state index in [1.165, 1.54) is 10.7 Å². The maximum atomic E-state index is 11.2. The molecule has 0 atom stereocenters. The normalized spacial score (nSPS) is 16.4. The van der Waals surface area contributed by atoms with Gasteiger partial charge in [-0.2, -0.15) is 5.10 Å². The summed E-state index contributed by atoms with van der Waals surface area (Å²) in [4.78, 5) is 11.2. The molecule has 1 aliphatic rings. The molecule has 6 heteroatoms. The van der Waals surface area contributed by atoms with Gasteiger partial charge in [-0.05, 0) is 0 Å². The molecular formula is C8H9ClN2O3. The van der Waals surface area contributed by atoms with Gasteiger partial charge >= 0.3 is 0 Å². The Bertz CT molecular complexity index is 400. The van der Waals surface area contributed by atoms with E-state index in [-0.39, 0.29) is 16.7 Å². The zero-order chi connectivity index (χ0) is 10.1. The molecule has 0 radical (unpaired) electrons. The Labute approximate surface area is 85.2 Å². The molecule has 0 amide bonds. The van der Waals surface area contributed by atoms with E-state index in [2.05, 4.69) is 5.10 Å². The van der Waals surface area contributed by atoms with Gasteiger partial charge in [-0.25, -0.2) is 4.68 Å². The Morgan fingerprint density at radius 2 is 2.43 bits per heavy atom. The predicted octanol–water partition coefficient (Wildman–Crippen LogP) is 0.211. The maximum Gasteiger partial charge on any atom is 0.222 e. The van der Waals surface area contributed by atoms with Crippen LogP contribution in [-0.4, -0.2) is 29.1 Å². The summed E-state index contributed by atoms with van der Waals surface area (Å²) in [5.74, 6) is 0.410. The molecule has 5 nitrogen and oxygen atoms in total. The molecule has 2 heterocycles. The van der Waals surface area contributed by atoms with Gasteiger partial charge in [0.15, 0.2) is 5.15 Å². The van der Waals surface area contributed by atoms with Crippen LogP contribution in [0.25, 0.3) is 0 Å². The van der Waals surface area contributed by atoms with E-state index in [0.717, 1.165) is 0 Å². The summed E-state index contributed by atoms with van der Waals surface area (Å²) >= 11 is 5.55. The number of aromatic nitrogens is 2. The monoisotopic (exact) mass is 216 g/mol. The summed E-state index contributed by atoms with van der Waals surface area (Å²) in [5, 5.41) is 3.74. The number of ether oxygens (including phenoxy) is 2. The van der Waals surface area contributed by atoms with Gasteiger partial charge in [-0.1, -0.05) is 11.6 Å². The number of hydrogen-bond donors (Lipinski definition) is 0. The highest BCUT2D eigenvalue weighted by Crippen LogP contribution is 2.13. The fourth-order valence-corrected chi connectivity index (χ4v) is 1.23. The fourth-order valence-electron chi connectivity index (χ4n) is 1.06. The van der Waals surface area contributed by atoms with E-state index in [0.29, 0.717) is 19.1 Å². The number of rotatable bonds is 2. The average Bonchev–Trinajstić information content (AvgIpc) is 2.06. The van der Waals surface area contributed by atoms with Crippen LogP contribution in [0.4, 0.5) is 0 Å². The minimum Gasteiger partial charge on any atom is -0.470 e. The maximum absolute atomic E-state index is 11.2. The summed E-state index contributed by atoms with van der Waals surface area (Å²) in [6.07, 6.45) is 0.0172. The molecule has 0 aliphatic carbocycles. The highest BCUT2D eigenvalue weighted by Gasteiger charge is 2.21. The predicted molar refractivity (Wildman–Crippen MR) is 49.7 cm³/mol. The molecule has 0 aromatic carbocycles. The molecule has 0 bridgehead atoms. The van der Waals surface area contributed by atoms with Crippen LogP contribution in [0.2, 0.25) is 5.15 Å². The van der Waals surface area contributed by atoms with Crippen molar-refractivity contribution >= 4 is 11.6 Å². The van der Waals surface area contributed by atoms with Crippen LogP contribution >= 0.6 is 11.6 Å². The third-order valence-corrected chi connectivity index (χ3v) is 2.17. The van der Waals surface area contributed by atoms with Gasteiger partial charge in [0.05, 0.1) is 19.3 Å². The highest BCUT2D eigenvalue weighted by molar-refractivity contribution is 6.29. The highest BCUT2D eigenvalue weighted by atomic mass is 35.5. The molecule has 14 heavy (non-hydrogen) atoms. The smallest absolute Gasteiger partial charge is 0.222 e. The lowest BCUT2D eigenvalue weighted by Gasteiger charge is -2.26. The Hall–Kier alpha value is -1.07. The van der Waals surface area contributed by atoms with Gasteiger partial charge in [-0.3, -0.25) is 4.79 Å². The van der Waals surface area contributed by atoms with Gasteiger partial charge in [0.25, 0.3) is 0 Å². The molecule has 0 spiro atoms. The van der Waals surface area contributed by atoms with E-state index < -0.39 is 0 Å². The second-order valence-corrected chi connectivity index (χ2v) is 3.40. The van der Waals surface area contributed by atoms with Crippen molar-refractivity contribution < 1.29 is 9.47 Å². The zero-order valence-electron chi connectivity index (χ0n) is 7.57. The van der Waals surface area contributed by atoms with E-state index >= 15 is 0 Å². The Morgan fingerprint density at radius 1 is 1.71 bits per heavy atom. The largest absolute Gasteiger partial charge is 0.470 e. The number of hydrogen-bond acceptors (Lipinski definition) is 4. The van der Waals surface area contributed by atoms with Crippen molar-refractivity contribution in [2.75, 3.05) is 13.2 Å². The van der Waals surface area contributed by atoms with Crippen LogP contribution in [-0.2, 0) is 11.8 Å². The number of halogens is 1. The van der Waals surface area contributed by atoms with Gasteiger partial charge in [-0.15, -0.1) is 0 Å². The molecule has 0 unspecified atom stereocenters. The van der Waals surface area contributed by atoms with Crippen LogP contribution in [0, 0.1) is 0 Å². The molecule has 76 valence electrons. The van der Waals surface area contributed by atoms with Crippen molar-refractivity contribution in [2.24, 2.45) is 7.05 Å². The minimum atomic E-state index is -0.333. The molecule has 0 saturated carbocycles. The van der Waals surface area contributed by atoms with E-state index in [1.807, 2.05) is 0 Å². The van der Waals surface area contributed by atoms with Crippen molar-refractivity contribution in [3.63, 3.8) is 0 Å². The van der Waals surface area contributed by atoms with E-state index in [9.17, 15) is 4.79 Å². The molecular weight excluding hydrogens is 208 g/mol.